The lowest BCUT2D eigenvalue weighted by atomic mass is 10.0. The molecule has 0 aliphatic carbocycles. The van der Waals surface area contributed by atoms with Crippen LogP contribution in [-0.4, -0.2) is 65.4 Å². The maximum Gasteiger partial charge on any atom is 0.305 e. The van der Waals surface area contributed by atoms with Gasteiger partial charge in [0.05, 0.1) is 46.2 Å². The SMILES string of the molecule is CCCCCCOC(=O)CCCOCCOCCOCCOCC(CC)CCCC. The molecule has 6 heteroatoms. The predicted octanol–water partition coefficient (Wildman–Crippen LogP) is 5.17. The minimum absolute atomic E-state index is 0.126. The molecule has 0 spiro atoms. The summed E-state index contributed by atoms with van der Waals surface area (Å²) in [5.74, 6) is 0.549. The number of carbonyl (C=O) groups excluding carboxylic acids is 1. The fourth-order valence-electron chi connectivity index (χ4n) is 2.91. The summed E-state index contributed by atoms with van der Waals surface area (Å²) in [6.45, 7) is 12.0. The third-order valence-corrected chi connectivity index (χ3v) is 4.94. The molecule has 0 amide bonds. The second-order valence-electron chi connectivity index (χ2n) is 7.71. The van der Waals surface area contributed by atoms with E-state index in [-0.39, 0.29) is 5.97 Å². The molecule has 0 N–H and O–H groups in total. The van der Waals surface area contributed by atoms with E-state index in [2.05, 4.69) is 20.8 Å². The highest BCUT2D eigenvalue weighted by atomic mass is 16.6. The predicted molar refractivity (Wildman–Crippen MR) is 121 cm³/mol. The minimum Gasteiger partial charge on any atom is -0.466 e. The van der Waals surface area contributed by atoms with Crippen molar-refractivity contribution in [2.24, 2.45) is 5.92 Å². The highest BCUT2D eigenvalue weighted by Gasteiger charge is 2.05. The van der Waals surface area contributed by atoms with Gasteiger partial charge in [-0.2, -0.15) is 0 Å². The van der Waals surface area contributed by atoms with E-state index in [9.17, 15) is 4.79 Å². The third-order valence-electron chi connectivity index (χ3n) is 4.94. The Morgan fingerprint density at radius 3 is 1.83 bits per heavy atom. The van der Waals surface area contributed by atoms with Crippen LogP contribution in [0.1, 0.15) is 85.0 Å². The van der Waals surface area contributed by atoms with Gasteiger partial charge in [-0.15, -0.1) is 0 Å². The van der Waals surface area contributed by atoms with Crippen LogP contribution in [0, 0.1) is 5.92 Å². The molecule has 1 unspecified atom stereocenters. The smallest absolute Gasteiger partial charge is 0.305 e. The Morgan fingerprint density at radius 1 is 0.633 bits per heavy atom. The molecule has 180 valence electrons. The molecule has 0 aromatic heterocycles. The van der Waals surface area contributed by atoms with Crippen molar-refractivity contribution in [1.29, 1.82) is 0 Å². The topological polar surface area (TPSA) is 63.2 Å². The molecule has 0 fully saturated rings. The Labute approximate surface area is 185 Å². The number of hydrogen-bond donors (Lipinski definition) is 0. The molecular weight excluding hydrogens is 384 g/mol. The van der Waals surface area contributed by atoms with E-state index in [1.165, 1.54) is 38.5 Å². The van der Waals surface area contributed by atoms with Crippen molar-refractivity contribution in [1.82, 2.24) is 0 Å². The summed E-state index contributed by atoms with van der Waals surface area (Å²) in [5.41, 5.74) is 0. The van der Waals surface area contributed by atoms with Gasteiger partial charge in [-0.05, 0) is 25.2 Å². The van der Waals surface area contributed by atoms with Crippen molar-refractivity contribution in [3.8, 4) is 0 Å². The van der Waals surface area contributed by atoms with Crippen molar-refractivity contribution < 1.29 is 28.5 Å². The van der Waals surface area contributed by atoms with E-state index in [1.807, 2.05) is 0 Å². The summed E-state index contributed by atoms with van der Waals surface area (Å²) in [6, 6.07) is 0. The third kappa shape index (κ3) is 22.0. The summed E-state index contributed by atoms with van der Waals surface area (Å²) in [7, 11) is 0. The first-order valence-corrected chi connectivity index (χ1v) is 12.2. The molecule has 0 radical (unpaired) electrons. The van der Waals surface area contributed by atoms with Crippen LogP contribution in [-0.2, 0) is 28.5 Å². The van der Waals surface area contributed by atoms with E-state index >= 15 is 0 Å². The quantitative estimate of drug-likeness (QED) is 0.155. The molecule has 0 saturated heterocycles. The molecule has 1 atom stereocenters. The number of carbonyl (C=O) groups is 1. The zero-order valence-electron chi connectivity index (χ0n) is 20.0. The summed E-state index contributed by atoms with van der Waals surface area (Å²) in [4.78, 5) is 11.5. The molecule has 0 aliphatic rings. The van der Waals surface area contributed by atoms with Gasteiger partial charge in [0.15, 0.2) is 0 Å². The first-order chi connectivity index (χ1) is 14.7. The van der Waals surface area contributed by atoms with Crippen LogP contribution in [0.25, 0.3) is 0 Å². The molecule has 0 aliphatic heterocycles. The van der Waals surface area contributed by atoms with Crippen molar-refractivity contribution in [2.75, 3.05) is 59.5 Å². The number of hydrogen-bond acceptors (Lipinski definition) is 6. The number of esters is 1. The van der Waals surface area contributed by atoms with E-state index in [4.69, 9.17) is 23.7 Å². The Balaban J connectivity index is 3.21. The Hall–Kier alpha value is -0.690. The van der Waals surface area contributed by atoms with Crippen LogP contribution < -0.4 is 0 Å². The zero-order chi connectivity index (χ0) is 22.1. The van der Waals surface area contributed by atoms with Crippen LogP contribution in [0.4, 0.5) is 0 Å². The number of rotatable bonds is 24. The zero-order valence-corrected chi connectivity index (χ0v) is 20.0. The first-order valence-electron chi connectivity index (χ1n) is 12.2. The molecule has 0 saturated carbocycles. The fraction of sp³-hybridized carbons (Fsp3) is 0.958. The number of ether oxygens (including phenoxy) is 5. The van der Waals surface area contributed by atoms with Gasteiger partial charge < -0.3 is 23.7 Å². The van der Waals surface area contributed by atoms with Gasteiger partial charge in [-0.1, -0.05) is 59.3 Å². The summed E-state index contributed by atoms with van der Waals surface area (Å²) in [5, 5.41) is 0. The van der Waals surface area contributed by atoms with Gasteiger partial charge >= 0.3 is 5.97 Å². The van der Waals surface area contributed by atoms with Crippen molar-refractivity contribution in [3.05, 3.63) is 0 Å². The Kier molecular flexibility index (Phi) is 24.0. The molecular formula is C24H48O6. The highest BCUT2D eigenvalue weighted by molar-refractivity contribution is 5.69. The summed E-state index contributed by atoms with van der Waals surface area (Å²) < 4.78 is 27.3. The average molecular weight is 433 g/mol. The van der Waals surface area contributed by atoms with Gasteiger partial charge in [0, 0.05) is 19.6 Å². The first kappa shape index (κ1) is 29.3. The Morgan fingerprint density at radius 2 is 1.23 bits per heavy atom. The molecule has 6 nitrogen and oxygen atoms in total. The maximum atomic E-state index is 11.5. The maximum absolute atomic E-state index is 11.5. The van der Waals surface area contributed by atoms with Gasteiger partial charge in [0.25, 0.3) is 0 Å². The van der Waals surface area contributed by atoms with Crippen LogP contribution in [0.3, 0.4) is 0 Å². The van der Waals surface area contributed by atoms with Gasteiger partial charge in [-0.3, -0.25) is 4.79 Å². The molecule has 0 rings (SSSR count). The van der Waals surface area contributed by atoms with E-state index < -0.39 is 0 Å². The van der Waals surface area contributed by atoms with Gasteiger partial charge in [0.1, 0.15) is 0 Å². The van der Waals surface area contributed by atoms with Crippen LogP contribution in [0.5, 0.6) is 0 Å². The molecule has 30 heavy (non-hydrogen) atoms. The number of unbranched alkanes of at least 4 members (excludes halogenated alkanes) is 4. The van der Waals surface area contributed by atoms with E-state index in [0.29, 0.717) is 71.6 Å². The van der Waals surface area contributed by atoms with Gasteiger partial charge in [-0.25, -0.2) is 0 Å². The van der Waals surface area contributed by atoms with E-state index in [1.54, 1.807) is 0 Å². The molecule has 0 bridgehead atoms. The van der Waals surface area contributed by atoms with Crippen LogP contribution in [0.15, 0.2) is 0 Å². The second kappa shape index (κ2) is 24.6. The van der Waals surface area contributed by atoms with Crippen LogP contribution in [0.2, 0.25) is 0 Å². The molecule has 0 aromatic carbocycles. The van der Waals surface area contributed by atoms with Crippen molar-refractivity contribution in [3.63, 3.8) is 0 Å². The van der Waals surface area contributed by atoms with Crippen LogP contribution >= 0.6 is 0 Å². The minimum atomic E-state index is -0.126. The van der Waals surface area contributed by atoms with E-state index in [0.717, 1.165) is 19.4 Å². The standard InChI is InChI=1S/C24H48O6/c1-4-7-9-10-15-30-24(25)13-11-14-26-16-17-27-18-19-28-20-21-29-22-23(6-3)12-8-5-2/h23H,4-22H2,1-3H3. The normalized spacial score (nSPS) is 12.2. The lowest BCUT2D eigenvalue weighted by Gasteiger charge is -2.14. The fourth-order valence-corrected chi connectivity index (χ4v) is 2.91. The highest BCUT2D eigenvalue weighted by Crippen LogP contribution is 2.12. The monoisotopic (exact) mass is 432 g/mol. The van der Waals surface area contributed by atoms with Gasteiger partial charge in [0.2, 0.25) is 0 Å². The lowest BCUT2D eigenvalue weighted by Crippen LogP contribution is -2.14. The summed E-state index contributed by atoms with van der Waals surface area (Å²) in [6.07, 6.45) is 10.6. The largest absolute Gasteiger partial charge is 0.466 e. The summed E-state index contributed by atoms with van der Waals surface area (Å²) >= 11 is 0. The molecule has 0 aromatic rings. The second-order valence-corrected chi connectivity index (χ2v) is 7.71. The Bertz CT molecular complexity index is 351. The average Bonchev–Trinajstić information content (AvgIpc) is 2.75. The lowest BCUT2D eigenvalue weighted by molar-refractivity contribution is -0.144. The van der Waals surface area contributed by atoms with Crippen molar-refractivity contribution in [2.45, 2.75) is 85.0 Å². The molecule has 0 heterocycles. The van der Waals surface area contributed by atoms with Crippen molar-refractivity contribution >= 4 is 5.97 Å².